The minimum Gasteiger partial charge on any atom is -0.495 e. The average molecular weight is 665 g/mol. The minimum atomic E-state index is -0.707. The van der Waals surface area contributed by atoms with Gasteiger partial charge in [0.1, 0.15) is 11.6 Å². The first-order valence-corrected chi connectivity index (χ1v) is 15.9. The molecule has 254 valence electrons. The normalized spacial score (nSPS) is 11.5. The number of amides is 2. The molecule has 0 saturated carbocycles. The van der Waals surface area contributed by atoms with Crippen LogP contribution in [0, 0.1) is 6.92 Å². The number of nitrogens with zero attached hydrogens (tertiary/aromatic N) is 3. The van der Waals surface area contributed by atoms with Crippen molar-refractivity contribution >= 4 is 28.6 Å². The van der Waals surface area contributed by atoms with Crippen molar-refractivity contribution in [2.45, 2.75) is 33.2 Å². The highest BCUT2D eigenvalue weighted by molar-refractivity contribution is 5.92. The van der Waals surface area contributed by atoms with E-state index in [9.17, 15) is 14.4 Å². The Balaban J connectivity index is 1.59. The quantitative estimate of drug-likeness (QED) is 0.146. The molecule has 11 heteroatoms. The van der Waals surface area contributed by atoms with E-state index < -0.39 is 18.0 Å². The molecule has 49 heavy (non-hydrogen) atoms. The lowest BCUT2D eigenvalue weighted by atomic mass is 10.1. The molecule has 5 aromatic rings. The van der Waals surface area contributed by atoms with Crippen molar-refractivity contribution in [1.82, 2.24) is 14.5 Å². The fourth-order valence-electron chi connectivity index (χ4n) is 5.63. The maximum atomic E-state index is 14.2. The van der Waals surface area contributed by atoms with E-state index in [1.807, 2.05) is 56.3 Å². The monoisotopic (exact) mass is 664 g/mol. The lowest BCUT2D eigenvalue weighted by molar-refractivity contribution is 0.0526. The fourth-order valence-corrected chi connectivity index (χ4v) is 5.63. The highest BCUT2D eigenvalue weighted by Crippen LogP contribution is 2.31. The zero-order chi connectivity index (χ0) is 35.1. The molecule has 1 unspecified atom stereocenters. The van der Waals surface area contributed by atoms with Gasteiger partial charge in [-0.25, -0.2) is 14.6 Å². The largest absolute Gasteiger partial charge is 0.495 e. The number of carbonyl (C=O) groups is 2. The van der Waals surface area contributed by atoms with Crippen LogP contribution in [0.15, 0.2) is 89.7 Å². The van der Waals surface area contributed by atoms with Gasteiger partial charge in [0.05, 0.1) is 56.1 Å². The summed E-state index contributed by atoms with van der Waals surface area (Å²) in [5, 5.41) is 3.40. The molecule has 0 aliphatic rings. The van der Waals surface area contributed by atoms with Crippen molar-refractivity contribution in [3.8, 4) is 22.9 Å². The molecular weight excluding hydrogens is 624 g/mol. The number of aryl methyl sites for hydroxylation is 1. The van der Waals surface area contributed by atoms with E-state index in [1.54, 1.807) is 75.6 Å². The van der Waals surface area contributed by atoms with Gasteiger partial charge in [-0.2, -0.15) is 0 Å². The number of urea groups is 1. The summed E-state index contributed by atoms with van der Waals surface area (Å²) in [5.74, 6) is 1.56. The zero-order valence-electron chi connectivity index (χ0n) is 28.5. The van der Waals surface area contributed by atoms with Crippen LogP contribution in [0.1, 0.15) is 47.2 Å². The van der Waals surface area contributed by atoms with E-state index in [-0.39, 0.29) is 18.7 Å². The molecule has 0 saturated heterocycles. The summed E-state index contributed by atoms with van der Waals surface area (Å²) < 4.78 is 23.2. The van der Waals surface area contributed by atoms with Crippen LogP contribution in [0.5, 0.6) is 17.2 Å². The third-order valence-corrected chi connectivity index (χ3v) is 8.22. The van der Waals surface area contributed by atoms with Gasteiger partial charge in [0.25, 0.3) is 5.56 Å². The molecule has 2 amide bonds. The summed E-state index contributed by atoms with van der Waals surface area (Å²) in [6.07, 6.45) is 0.450. The SMILES string of the molecule is CCOC(=O)c1ccc(NC(=O)N(CCc2ccc(OC)c(OC)c2)C(C)c2nc3ccccc3c(=O)n2-c2cc(C)ccc2OC)cc1. The summed E-state index contributed by atoms with van der Waals surface area (Å²) in [4.78, 5) is 47.3. The number of fused-ring (bicyclic) bond motifs is 1. The Morgan fingerprint density at radius 2 is 1.57 bits per heavy atom. The Hall–Kier alpha value is -5.84. The van der Waals surface area contributed by atoms with Crippen LogP contribution >= 0.6 is 0 Å². The van der Waals surface area contributed by atoms with E-state index in [1.165, 1.54) is 4.57 Å². The summed E-state index contributed by atoms with van der Waals surface area (Å²) in [5.41, 5.74) is 3.41. The van der Waals surface area contributed by atoms with E-state index in [0.717, 1.165) is 11.1 Å². The third kappa shape index (κ3) is 7.51. The first-order valence-electron chi connectivity index (χ1n) is 15.9. The van der Waals surface area contributed by atoms with Crippen LogP contribution in [0.4, 0.5) is 10.5 Å². The summed E-state index contributed by atoms with van der Waals surface area (Å²) in [6, 6.07) is 23.7. The second kappa shape index (κ2) is 15.4. The molecule has 0 aliphatic heterocycles. The van der Waals surface area contributed by atoms with Gasteiger partial charge in [-0.3, -0.25) is 9.36 Å². The topological polar surface area (TPSA) is 121 Å². The van der Waals surface area contributed by atoms with E-state index >= 15 is 0 Å². The number of nitrogens with one attached hydrogen (secondary N) is 1. The molecule has 0 bridgehead atoms. The Labute approximate surface area is 285 Å². The van der Waals surface area contributed by atoms with Crippen LogP contribution in [0.25, 0.3) is 16.6 Å². The molecule has 0 fully saturated rings. The Morgan fingerprint density at radius 3 is 2.27 bits per heavy atom. The zero-order valence-corrected chi connectivity index (χ0v) is 28.5. The summed E-state index contributed by atoms with van der Waals surface area (Å²) in [7, 11) is 4.69. The van der Waals surface area contributed by atoms with Crippen LogP contribution < -0.4 is 25.1 Å². The number of hydrogen-bond donors (Lipinski definition) is 1. The number of methoxy groups -OCH3 is 3. The molecule has 1 aromatic heterocycles. The summed E-state index contributed by atoms with van der Waals surface area (Å²) >= 11 is 0. The van der Waals surface area contributed by atoms with Gasteiger partial charge in [0.15, 0.2) is 11.5 Å². The van der Waals surface area contributed by atoms with Crippen molar-refractivity contribution in [3.05, 3.63) is 118 Å². The first kappa shape index (κ1) is 34.5. The van der Waals surface area contributed by atoms with Crippen LogP contribution in [-0.4, -0.2) is 60.9 Å². The molecule has 0 aliphatic carbocycles. The number of hydrogen-bond acceptors (Lipinski definition) is 8. The molecule has 4 aromatic carbocycles. The molecule has 1 atom stereocenters. The molecule has 11 nitrogen and oxygen atoms in total. The predicted molar refractivity (Wildman–Crippen MR) is 188 cm³/mol. The predicted octanol–water partition coefficient (Wildman–Crippen LogP) is 6.73. The van der Waals surface area contributed by atoms with Gasteiger partial charge in [0.2, 0.25) is 0 Å². The van der Waals surface area contributed by atoms with Gasteiger partial charge in [-0.05, 0) is 99.0 Å². The van der Waals surface area contributed by atoms with Crippen molar-refractivity contribution in [2.75, 3.05) is 39.8 Å². The molecule has 5 rings (SSSR count). The Bertz CT molecular complexity index is 2020. The smallest absolute Gasteiger partial charge is 0.338 e. The number of anilines is 1. The van der Waals surface area contributed by atoms with E-state index in [0.29, 0.717) is 57.3 Å². The number of esters is 1. The molecule has 0 radical (unpaired) electrons. The van der Waals surface area contributed by atoms with Crippen LogP contribution in [0.2, 0.25) is 0 Å². The van der Waals surface area contributed by atoms with Crippen molar-refractivity contribution in [2.24, 2.45) is 0 Å². The van der Waals surface area contributed by atoms with Crippen molar-refractivity contribution in [3.63, 3.8) is 0 Å². The number of aromatic nitrogens is 2. The number of rotatable bonds is 12. The van der Waals surface area contributed by atoms with Gasteiger partial charge < -0.3 is 29.2 Å². The van der Waals surface area contributed by atoms with Crippen molar-refractivity contribution < 1.29 is 28.5 Å². The average Bonchev–Trinajstić information content (AvgIpc) is 3.11. The first-order chi connectivity index (χ1) is 23.7. The van der Waals surface area contributed by atoms with Gasteiger partial charge in [-0.1, -0.05) is 24.3 Å². The maximum absolute atomic E-state index is 14.2. The van der Waals surface area contributed by atoms with Crippen LogP contribution in [0.3, 0.4) is 0 Å². The number of para-hydroxylation sites is 1. The molecular formula is C38H40N4O7. The standard InChI is InChI=1S/C38H40N4O7/c1-7-49-37(44)27-14-16-28(17-15-27)39-38(45)41(21-20-26-13-19-33(47-5)34(23-26)48-6)25(3)35-40-30-11-9-8-10-29(30)36(43)42(35)31-22-24(2)12-18-32(31)46-4/h8-19,22-23,25H,7,20-21H2,1-6H3,(H,39,45). The van der Waals surface area contributed by atoms with Crippen molar-refractivity contribution in [1.29, 1.82) is 0 Å². The second-order valence-electron chi connectivity index (χ2n) is 11.3. The highest BCUT2D eigenvalue weighted by atomic mass is 16.5. The number of ether oxygens (including phenoxy) is 4. The lowest BCUT2D eigenvalue weighted by Gasteiger charge is -2.31. The summed E-state index contributed by atoms with van der Waals surface area (Å²) in [6.45, 7) is 6.02. The second-order valence-corrected chi connectivity index (χ2v) is 11.3. The van der Waals surface area contributed by atoms with Gasteiger partial charge >= 0.3 is 12.0 Å². The number of carbonyl (C=O) groups excluding carboxylic acids is 2. The highest BCUT2D eigenvalue weighted by Gasteiger charge is 2.28. The van der Waals surface area contributed by atoms with Crippen LogP contribution in [-0.2, 0) is 11.2 Å². The third-order valence-electron chi connectivity index (χ3n) is 8.22. The van der Waals surface area contributed by atoms with E-state index in [4.69, 9.17) is 23.9 Å². The van der Waals surface area contributed by atoms with Gasteiger partial charge in [0, 0.05) is 12.2 Å². The molecule has 1 heterocycles. The Morgan fingerprint density at radius 1 is 0.878 bits per heavy atom. The Kier molecular flexibility index (Phi) is 10.8. The minimum absolute atomic E-state index is 0.247. The van der Waals surface area contributed by atoms with Gasteiger partial charge in [-0.15, -0.1) is 0 Å². The maximum Gasteiger partial charge on any atom is 0.338 e. The van der Waals surface area contributed by atoms with E-state index in [2.05, 4.69) is 5.32 Å². The number of benzene rings is 4. The molecule has 0 spiro atoms. The lowest BCUT2D eigenvalue weighted by Crippen LogP contribution is -2.41. The molecule has 1 N–H and O–H groups in total. The fraction of sp³-hybridized carbons (Fsp3) is 0.263.